The van der Waals surface area contributed by atoms with Crippen LogP contribution < -0.4 is 33.6 Å². The van der Waals surface area contributed by atoms with E-state index in [0.29, 0.717) is 32.9 Å². The first kappa shape index (κ1) is 27.6. The molecule has 2 atom stereocenters. The highest BCUT2D eigenvalue weighted by atomic mass is 16.8. The normalized spacial score (nSPS) is 26.8. The molecule has 0 aromatic rings. The first-order chi connectivity index (χ1) is 13.7. The molecule has 0 bridgehead atoms. The SMILES string of the molecule is CCCN.CNCCCN.NCCCNC1COC(C2OCC(CN)O2)OC1. The van der Waals surface area contributed by atoms with Crippen molar-refractivity contribution in [1.29, 1.82) is 0 Å². The van der Waals surface area contributed by atoms with Gasteiger partial charge in [0.25, 0.3) is 0 Å². The molecule has 0 spiro atoms. The molecule has 0 amide bonds. The smallest absolute Gasteiger partial charge is 0.209 e. The van der Waals surface area contributed by atoms with Crippen LogP contribution >= 0.6 is 0 Å². The van der Waals surface area contributed by atoms with Crippen LogP contribution in [0.15, 0.2) is 0 Å². The van der Waals surface area contributed by atoms with Gasteiger partial charge in [-0.1, -0.05) is 6.92 Å². The Morgan fingerprint density at radius 2 is 1.39 bits per heavy atom. The minimum Gasteiger partial charge on any atom is -0.346 e. The molecule has 0 aromatic carbocycles. The predicted molar refractivity (Wildman–Crippen MR) is 112 cm³/mol. The van der Waals surface area contributed by atoms with E-state index < -0.39 is 12.6 Å². The lowest BCUT2D eigenvalue weighted by atomic mass is 10.3. The Bertz CT molecular complexity index is 316. The van der Waals surface area contributed by atoms with Crippen LogP contribution in [0, 0.1) is 0 Å². The van der Waals surface area contributed by atoms with Crippen LogP contribution in [-0.2, 0) is 18.9 Å². The van der Waals surface area contributed by atoms with Gasteiger partial charge >= 0.3 is 0 Å². The number of ether oxygens (including phenoxy) is 4. The lowest BCUT2D eigenvalue weighted by Crippen LogP contribution is -2.48. The van der Waals surface area contributed by atoms with Crippen molar-refractivity contribution in [2.24, 2.45) is 22.9 Å². The van der Waals surface area contributed by atoms with Gasteiger partial charge in [0.05, 0.1) is 32.0 Å². The van der Waals surface area contributed by atoms with Crippen molar-refractivity contribution in [3.05, 3.63) is 0 Å². The molecule has 10 nitrogen and oxygen atoms in total. The first-order valence-corrected chi connectivity index (χ1v) is 10.3. The Kier molecular flexibility index (Phi) is 19.6. The number of rotatable bonds is 10. The molecular weight excluding hydrogens is 364 g/mol. The summed E-state index contributed by atoms with van der Waals surface area (Å²) in [6.45, 7) is 8.41. The average Bonchev–Trinajstić information content (AvgIpc) is 3.23. The van der Waals surface area contributed by atoms with E-state index in [1.165, 1.54) is 0 Å². The molecular formula is C18H44N6O4. The van der Waals surface area contributed by atoms with Gasteiger partial charge in [-0.15, -0.1) is 0 Å². The van der Waals surface area contributed by atoms with Gasteiger partial charge in [0.1, 0.15) is 0 Å². The molecule has 0 radical (unpaired) electrons. The molecule has 0 saturated carbocycles. The Morgan fingerprint density at radius 3 is 1.82 bits per heavy atom. The summed E-state index contributed by atoms with van der Waals surface area (Å²) >= 11 is 0. The molecule has 0 aromatic heterocycles. The minimum absolute atomic E-state index is 0.0531. The maximum absolute atomic E-state index is 5.59. The second kappa shape index (κ2) is 19.9. The summed E-state index contributed by atoms with van der Waals surface area (Å²) in [5, 5.41) is 6.31. The van der Waals surface area contributed by atoms with E-state index in [1.807, 2.05) is 7.05 Å². The molecule has 28 heavy (non-hydrogen) atoms. The molecule has 2 fully saturated rings. The summed E-state index contributed by atoms with van der Waals surface area (Å²) < 4.78 is 22.2. The Hall–Kier alpha value is -0.400. The van der Waals surface area contributed by atoms with E-state index in [1.54, 1.807) is 0 Å². The lowest BCUT2D eigenvalue weighted by molar-refractivity contribution is -0.279. The Labute approximate surface area is 170 Å². The summed E-state index contributed by atoms with van der Waals surface area (Å²) in [6, 6.07) is 0.208. The van der Waals surface area contributed by atoms with Crippen LogP contribution in [0.1, 0.15) is 26.2 Å². The zero-order valence-corrected chi connectivity index (χ0v) is 17.7. The summed E-state index contributed by atoms with van der Waals surface area (Å²) in [4.78, 5) is 0. The van der Waals surface area contributed by atoms with E-state index in [4.69, 9.17) is 41.9 Å². The molecule has 2 saturated heterocycles. The van der Waals surface area contributed by atoms with E-state index >= 15 is 0 Å². The standard InChI is InChI=1S/C11H23N3O4.C4H12N2.C3H9N/c12-2-1-3-14-8-5-15-10(16-6-8)11-17-7-9(4-13)18-11;1-6-4-2-3-5;1-2-3-4/h8-11,14H,1-7,12-13H2;6H,2-5H2,1H3;2-4H2,1H3. The molecule has 0 aliphatic carbocycles. The summed E-state index contributed by atoms with van der Waals surface area (Å²) in [6.07, 6.45) is 2.17. The zero-order valence-electron chi connectivity index (χ0n) is 17.7. The van der Waals surface area contributed by atoms with Gasteiger partial charge in [0.15, 0.2) is 0 Å². The quantitative estimate of drug-likeness (QED) is 0.229. The van der Waals surface area contributed by atoms with Crippen LogP contribution in [0.3, 0.4) is 0 Å². The van der Waals surface area contributed by atoms with Crippen LogP contribution in [0.4, 0.5) is 0 Å². The van der Waals surface area contributed by atoms with Crippen LogP contribution in [0.2, 0.25) is 0 Å². The number of hydrogen-bond acceptors (Lipinski definition) is 10. The topological polar surface area (TPSA) is 165 Å². The lowest BCUT2D eigenvalue weighted by Gasteiger charge is -2.32. The minimum atomic E-state index is -0.455. The first-order valence-electron chi connectivity index (χ1n) is 10.3. The van der Waals surface area contributed by atoms with E-state index in [2.05, 4.69) is 17.6 Å². The third kappa shape index (κ3) is 13.7. The fraction of sp³-hybridized carbons (Fsp3) is 1.00. The molecule has 2 aliphatic heterocycles. The van der Waals surface area contributed by atoms with Crippen LogP contribution in [0.5, 0.6) is 0 Å². The average molecular weight is 409 g/mol. The number of hydrogen-bond donors (Lipinski definition) is 6. The third-order valence-corrected chi connectivity index (χ3v) is 3.91. The Balaban J connectivity index is 0.000000608. The zero-order chi connectivity index (χ0) is 21.0. The van der Waals surface area contributed by atoms with Gasteiger partial charge in [-0.2, -0.15) is 0 Å². The fourth-order valence-corrected chi connectivity index (χ4v) is 2.22. The largest absolute Gasteiger partial charge is 0.346 e. The van der Waals surface area contributed by atoms with Crippen molar-refractivity contribution in [2.75, 3.05) is 66.1 Å². The van der Waals surface area contributed by atoms with Gasteiger partial charge in [-0.3, -0.25) is 0 Å². The van der Waals surface area contributed by atoms with Gasteiger partial charge in [0.2, 0.25) is 12.6 Å². The molecule has 2 rings (SSSR count). The number of nitrogens with one attached hydrogen (secondary N) is 2. The maximum atomic E-state index is 5.59. The highest BCUT2D eigenvalue weighted by molar-refractivity contribution is 4.74. The van der Waals surface area contributed by atoms with Gasteiger partial charge in [-0.25, -0.2) is 0 Å². The van der Waals surface area contributed by atoms with Crippen molar-refractivity contribution in [3.8, 4) is 0 Å². The highest BCUT2D eigenvalue weighted by Crippen LogP contribution is 2.19. The van der Waals surface area contributed by atoms with Crippen molar-refractivity contribution in [1.82, 2.24) is 10.6 Å². The molecule has 170 valence electrons. The van der Waals surface area contributed by atoms with E-state index in [0.717, 1.165) is 45.4 Å². The summed E-state index contributed by atoms with van der Waals surface area (Å²) in [7, 11) is 1.93. The monoisotopic (exact) mass is 408 g/mol. The summed E-state index contributed by atoms with van der Waals surface area (Å²) in [5.74, 6) is 0. The molecule has 2 unspecified atom stereocenters. The van der Waals surface area contributed by atoms with E-state index in [9.17, 15) is 0 Å². The summed E-state index contributed by atoms with van der Waals surface area (Å²) in [5.41, 5.74) is 21.1. The van der Waals surface area contributed by atoms with Crippen LogP contribution in [0.25, 0.3) is 0 Å². The third-order valence-electron chi connectivity index (χ3n) is 3.91. The molecule has 10 N–H and O–H groups in total. The van der Waals surface area contributed by atoms with Gasteiger partial charge in [0, 0.05) is 6.54 Å². The predicted octanol–water partition coefficient (Wildman–Crippen LogP) is -1.72. The number of nitrogens with two attached hydrogens (primary N) is 4. The van der Waals surface area contributed by atoms with Gasteiger partial charge in [-0.05, 0) is 59.0 Å². The van der Waals surface area contributed by atoms with Gasteiger partial charge < -0.3 is 52.5 Å². The molecule has 10 heteroatoms. The van der Waals surface area contributed by atoms with Crippen molar-refractivity contribution in [3.63, 3.8) is 0 Å². The van der Waals surface area contributed by atoms with Crippen molar-refractivity contribution >= 4 is 0 Å². The fourth-order valence-electron chi connectivity index (χ4n) is 2.22. The maximum Gasteiger partial charge on any atom is 0.209 e. The van der Waals surface area contributed by atoms with Crippen molar-refractivity contribution < 1.29 is 18.9 Å². The Morgan fingerprint density at radius 1 is 0.821 bits per heavy atom. The van der Waals surface area contributed by atoms with E-state index in [-0.39, 0.29) is 12.1 Å². The van der Waals surface area contributed by atoms with Crippen molar-refractivity contribution in [2.45, 2.75) is 50.9 Å². The van der Waals surface area contributed by atoms with Crippen LogP contribution in [-0.4, -0.2) is 90.9 Å². The molecule has 2 aliphatic rings. The second-order valence-corrected chi connectivity index (χ2v) is 6.56. The molecule has 2 heterocycles. The highest BCUT2D eigenvalue weighted by Gasteiger charge is 2.36. The second-order valence-electron chi connectivity index (χ2n) is 6.56.